The van der Waals surface area contributed by atoms with Crippen molar-refractivity contribution in [3.05, 3.63) is 0 Å². The van der Waals surface area contributed by atoms with E-state index in [9.17, 15) is 0 Å². The van der Waals surface area contributed by atoms with Crippen LogP contribution in [0.15, 0.2) is 0 Å². The molecule has 1 fully saturated rings. The number of hydrogen-bond acceptors (Lipinski definition) is 2. The summed E-state index contributed by atoms with van der Waals surface area (Å²) in [4.78, 5) is 2.50. The summed E-state index contributed by atoms with van der Waals surface area (Å²) in [5.74, 6) is 2.20. The summed E-state index contributed by atoms with van der Waals surface area (Å²) in [7, 11) is 0. The van der Waals surface area contributed by atoms with Crippen LogP contribution in [0.3, 0.4) is 0 Å². The standard InChI is InChI=1S/C12H25NO/c1-10(2)12-4-6-13(7-5-12)8-11(3)9-14/h10-12,14H,4-9H2,1-3H3. The van der Waals surface area contributed by atoms with Gasteiger partial charge in [0.2, 0.25) is 0 Å². The van der Waals surface area contributed by atoms with E-state index in [1.807, 2.05) is 0 Å². The Kier molecular flexibility index (Phi) is 4.90. The zero-order valence-corrected chi connectivity index (χ0v) is 9.87. The molecule has 14 heavy (non-hydrogen) atoms. The third-order valence-electron chi connectivity index (χ3n) is 3.46. The summed E-state index contributed by atoms with van der Waals surface area (Å²) in [5.41, 5.74) is 0. The van der Waals surface area contributed by atoms with Crippen molar-refractivity contribution in [2.45, 2.75) is 33.6 Å². The molecular formula is C12H25NO. The van der Waals surface area contributed by atoms with Crippen molar-refractivity contribution in [2.24, 2.45) is 17.8 Å². The molecule has 2 heteroatoms. The first kappa shape index (κ1) is 12.0. The summed E-state index contributed by atoms with van der Waals surface area (Å²) >= 11 is 0. The number of hydrogen-bond donors (Lipinski definition) is 1. The molecule has 1 N–H and O–H groups in total. The van der Waals surface area contributed by atoms with Gasteiger partial charge in [-0.15, -0.1) is 0 Å². The number of aliphatic hydroxyl groups excluding tert-OH is 1. The second-order valence-corrected chi connectivity index (χ2v) is 5.17. The number of likely N-dealkylation sites (tertiary alicyclic amines) is 1. The van der Waals surface area contributed by atoms with E-state index in [2.05, 4.69) is 25.7 Å². The van der Waals surface area contributed by atoms with E-state index in [-0.39, 0.29) is 0 Å². The Bertz CT molecular complexity index is 150. The number of nitrogens with zero attached hydrogens (tertiary/aromatic N) is 1. The fraction of sp³-hybridized carbons (Fsp3) is 1.00. The molecule has 1 saturated heterocycles. The topological polar surface area (TPSA) is 23.5 Å². The van der Waals surface area contributed by atoms with Crippen molar-refractivity contribution in [3.8, 4) is 0 Å². The molecular weight excluding hydrogens is 174 g/mol. The van der Waals surface area contributed by atoms with E-state index in [1.165, 1.54) is 25.9 Å². The van der Waals surface area contributed by atoms with E-state index < -0.39 is 0 Å². The van der Waals surface area contributed by atoms with E-state index in [0.717, 1.165) is 18.4 Å². The summed E-state index contributed by atoms with van der Waals surface area (Å²) in [6.07, 6.45) is 2.69. The van der Waals surface area contributed by atoms with Crippen LogP contribution in [0.2, 0.25) is 0 Å². The normalized spacial score (nSPS) is 22.9. The second-order valence-electron chi connectivity index (χ2n) is 5.17. The lowest BCUT2D eigenvalue weighted by atomic mass is 9.86. The lowest BCUT2D eigenvalue weighted by Gasteiger charge is -2.34. The van der Waals surface area contributed by atoms with Gasteiger partial charge in [0.15, 0.2) is 0 Å². The van der Waals surface area contributed by atoms with E-state index in [1.54, 1.807) is 0 Å². The molecule has 0 aromatic rings. The van der Waals surface area contributed by atoms with Gasteiger partial charge in [-0.25, -0.2) is 0 Å². The van der Waals surface area contributed by atoms with Crippen molar-refractivity contribution < 1.29 is 5.11 Å². The van der Waals surface area contributed by atoms with Gasteiger partial charge in [-0.05, 0) is 43.7 Å². The predicted molar refractivity (Wildman–Crippen MR) is 60.3 cm³/mol. The minimum absolute atomic E-state index is 0.324. The molecule has 0 aromatic heterocycles. The van der Waals surface area contributed by atoms with Crippen LogP contribution in [0.4, 0.5) is 0 Å². The van der Waals surface area contributed by atoms with Crippen molar-refractivity contribution >= 4 is 0 Å². The molecule has 0 radical (unpaired) electrons. The molecule has 1 atom stereocenters. The molecule has 0 aliphatic carbocycles. The monoisotopic (exact) mass is 199 g/mol. The largest absolute Gasteiger partial charge is 0.396 e. The van der Waals surface area contributed by atoms with Crippen molar-refractivity contribution in [3.63, 3.8) is 0 Å². The van der Waals surface area contributed by atoms with Crippen LogP contribution >= 0.6 is 0 Å². The number of rotatable bonds is 4. The maximum Gasteiger partial charge on any atom is 0.0468 e. The maximum absolute atomic E-state index is 8.98. The van der Waals surface area contributed by atoms with Crippen molar-refractivity contribution in [1.29, 1.82) is 0 Å². The molecule has 1 aliphatic heterocycles. The van der Waals surface area contributed by atoms with Gasteiger partial charge in [0, 0.05) is 13.2 Å². The van der Waals surface area contributed by atoms with Gasteiger partial charge in [-0.1, -0.05) is 20.8 Å². The van der Waals surface area contributed by atoms with Crippen LogP contribution in [-0.4, -0.2) is 36.2 Å². The predicted octanol–water partition coefficient (Wildman–Crippen LogP) is 1.98. The lowest BCUT2D eigenvalue weighted by molar-refractivity contribution is 0.121. The fourth-order valence-electron chi connectivity index (χ4n) is 2.30. The Balaban J connectivity index is 2.22. The third-order valence-corrected chi connectivity index (χ3v) is 3.46. The molecule has 1 heterocycles. The maximum atomic E-state index is 8.98. The second kappa shape index (κ2) is 5.72. The highest BCUT2D eigenvalue weighted by Gasteiger charge is 2.21. The zero-order chi connectivity index (χ0) is 10.6. The first-order valence-electron chi connectivity index (χ1n) is 5.96. The summed E-state index contributed by atoms with van der Waals surface area (Å²) < 4.78 is 0. The summed E-state index contributed by atoms with van der Waals surface area (Å²) in [5, 5.41) is 8.98. The van der Waals surface area contributed by atoms with Crippen molar-refractivity contribution in [2.75, 3.05) is 26.2 Å². The van der Waals surface area contributed by atoms with Crippen LogP contribution in [0.25, 0.3) is 0 Å². The average Bonchev–Trinajstić information content (AvgIpc) is 2.18. The van der Waals surface area contributed by atoms with Crippen LogP contribution in [-0.2, 0) is 0 Å². The minimum atomic E-state index is 0.324. The van der Waals surface area contributed by atoms with Crippen LogP contribution < -0.4 is 0 Å². The Hall–Kier alpha value is -0.0800. The number of aliphatic hydroxyl groups is 1. The molecule has 2 nitrogen and oxygen atoms in total. The molecule has 84 valence electrons. The van der Waals surface area contributed by atoms with Crippen molar-refractivity contribution in [1.82, 2.24) is 4.90 Å². The van der Waals surface area contributed by atoms with Crippen LogP contribution in [0.5, 0.6) is 0 Å². The molecule has 0 saturated carbocycles. The number of piperidine rings is 1. The van der Waals surface area contributed by atoms with Gasteiger partial charge in [0.05, 0.1) is 0 Å². The van der Waals surface area contributed by atoms with Gasteiger partial charge in [-0.2, -0.15) is 0 Å². The molecule has 0 spiro atoms. The highest BCUT2D eigenvalue weighted by Crippen LogP contribution is 2.24. The molecule has 1 rings (SSSR count). The highest BCUT2D eigenvalue weighted by molar-refractivity contribution is 4.75. The smallest absolute Gasteiger partial charge is 0.0468 e. The Labute approximate surface area is 88.3 Å². The zero-order valence-electron chi connectivity index (χ0n) is 9.87. The van der Waals surface area contributed by atoms with Gasteiger partial charge in [0.1, 0.15) is 0 Å². The van der Waals surface area contributed by atoms with E-state index in [0.29, 0.717) is 12.5 Å². The van der Waals surface area contributed by atoms with Gasteiger partial charge >= 0.3 is 0 Å². The fourth-order valence-corrected chi connectivity index (χ4v) is 2.30. The average molecular weight is 199 g/mol. The van der Waals surface area contributed by atoms with Gasteiger partial charge in [-0.3, -0.25) is 0 Å². The summed E-state index contributed by atoms with van der Waals surface area (Å²) in [6, 6.07) is 0. The van der Waals surface area contributed by atoms with Gasteiger partial charge in [0.25, 0.3) is 0 Å². The SMILES string of the molecule is CC(CO)CN1CCC(C(C)C)CC1. The molecule has 0 aromatic carbocycles. The molecule has 0 bridgehead atoms. The Morgan fingerprint density at radius 2 is 1.79 bits per heavy atom. The summed E-state index contributed by atoms with van der Waals surface area (Å²) in [6.45, 7) is 10.6. The highest BCUT2D eigenvalue weighted by atomic mass is 16.3. The third kappa shape index (κ3) is 3.58. The first-order valence-corrected chi connectivity index (χ1v) is 5.96. The quantitative estimate of drug-likeness (QED) is 0.748. The first-order chi connectivity index (χ1) is 6.63. The molecule has 0 amide bonds. The van der Waals surface area contributed by atoms with Crippen LogP contribution in [0, 0.1) is 17.8 Å². The van der Waals surface area contributed by atoms with Crippen LogP contribution in [0.1, 0.15) is 33.6 Å². The lowest BCUT2D eigenvalue weighted by Crippen LogP contribution is -2.38. The van der Waals surface area contributed by atoms with E-state index in [4.69, 9.17) is 5.11 Å². The van der Waals surface area contributed by atoms with E-state index >= 15 is 0 Å². The molecule has 1 unspecified atom stereocenters. The minimum Gasteiger partial charge on any atom is -0.396 e. The Morgan fingerprint density at radius 1 is 1.21 bits per heavy atom. The molecule has 1 aliphatic rings. The van der Waals surface area contributed by atoms with Gasteiger partial charge < -0.3 is 10.0 Å². The Morgan fingerprint density at radius 3 is 2.21 bits per heavy atom.